The summed E-state index contributed by atoms with van der Waals surface area (Å²) in [5, 5.41) is 11.6. The quantitative estimate of drug-likeness (QED) is 0.475. The van der Waals surface area contributed by atoms with Gasteiger partial charge in [0.2, 0.25) is 0 Å². The number of methoxy groups -OCH3 is 1. The Labute approximate surface area is 139 Å². The standard InChI is InChI=1S/C15H20ClN3O4/c1-9-7-18(8-14(9)17(2)3)12-6-11(16)10(15(20)23-4)5-13(12)19(21)22/h5-6,9,14H,7-8H2,1-4H3. The van der Waals surface area contributed by atoms with Crippen LogP contribution in [0.4, 0.5) is 11.4 Å². The van der Waals surface area contributed by atoms with E-state index in [1.165, 1.54) is 19.2 Å². The van der Waals surface area contributed by atoms with Crippen LogP contribution < -0.4 is 4.90 Å². The second-order valence-corrected chi connectivity index (χ2v) is 6.39. The van der Waals surface area contributed by atoms with Crippen LogP contribution in [0.25, 0.3) is 0 Å². The number of hydrogen-bond donors (Lipinski definition) is 0. The lowest BCUT2D eigenvalue weighted by Gasteiger charge is -2.23. The van der Waals surface area contributed by atoms with Gasteiger partial charge in [-0.2, -0.15) is 0 Å². The first-order chi connectivity index (χ1) is 10.8. The number of nitrogens with zero attached hydrogens (tertiary/aromatic N) is 3. The minimum Gasteiger partial charge on any atom is -0.465 e. The Morgan fingerprint density at radius 1 is 1.43 bits per heavy atom. The van der Waals surface area contributed by atoms with Gasteiger partial charge in [0.05, 0.1) is 22.6 Å². The molecule has 1 aliphatic rings. The molecule has 0 radical (unpaired) electrons. The Hall–Kier alpha value is -1.86. The van der Waals surface area contributed by atoms with E-state index in [0.717, 1.165) is 0 Å². The van der Waals surface area contributed by atoms with Gasteiger partial charge in [-0.05, 0) is 26.1 Å². The zero-order chi connectivity index (χ0) is 17.3. The number of likely N-dealkylation sites (N-methyl/N-ethyl adjacent to an activating group) is 1. The van der Waals surface area contributed by atoms with Gasteiger partial charge >= 0.3 is 5.97 Å². The maximum absolute atomic E-state index is 11.7. The Morgan fingerprint density at radius 2 is 2.09 bits per heavy atom. The van der Waals surface area contributed by atoms with E-state index < -0.39 is 10.9 Å². The maximum atomic E-state index is 11.7. The molecule has 0 saturated carbocycles. The number of nitro groups is 1. The molecule has 1 aliphatic heterocycles. The molecule has 0 aliphatic carbocycles. The summed E-state index contributed by atoms with van der Waals surface area (Å²) in [4.78, 5) is 26.7. The first-order valence-corrected chi connectivity index (χ1v) is 7.61. The smallest absolute Gasteiger partial charge is 0.339 e. The number of ether oxygens (including phenoxy) is 1. The molecule has 1 aromatic rings. The van der Waals surface area contributed by atoms with Gasteiger partial charge in [-0.25, -0.2) is 4.79 Å². The van der Waals surface area contributed by atoms with Crippen molar-refractivity contribution >= 4 is 28.9 Å². The van der Waals surface area contributed by atoms with E-state index in [-0.39, 0.29) is 16.3 Å². The molecule has 1 saturated heterocycles. The lowest BCUT2D eigenvalue weighted by Crippen LogP contribution is -2.34. The molecule has 126 valence electrons. The molecule has 2 rings (SSSR count). The van der Waals surface area contributed by atoms with Gasteiger partial charge in [-0.1, -0.05) is 18.5 Å². The first kappa shape index (κ1) is 17.5. The molecule has 23 heavy (non-hydrogen) atoms. The zero-order valence-electron chi connectivity index (χ0n) is 13.6. The SMILES string of the molecule is COC(=O)c1cc([N+](=O)[O-])c(N2CC(C)C(N(C)C)C2)cc1Cl. The van der Waals surface area contributed by atoms with Gasteiger partial charge in [-0.3, -0.25) is 10.1 Å². The van der Waals surface area contributed by atoms with E-state index in [1.54, 1.807) is 0 Å². The number of anilines is 1. The molecule has 8 heteroatoms. The van der Waals surface area contributed by atoms with Crippen LogP contribution in [0.1, 0.15) is 17.3 Å². The molecule has 2 unspecified atom stereocenters. The minimum absolute atomic E-state index is 0.000946. The van der Waals surface area contributed by atoms with E-state index in [9.17, 15) is 14.9 Å². The normalized spacial score (nSPS) is 20.9. The highest BCUT2D eigenvalue weighted by atomic mass is 35.5. The van der Waals surface area contributed by atoms with Crippen LogP contribution in [0.3, 0.4) is 0 Å². The molecule has 2 atom stereocenters. The fourth-order valence-electron chi connectivity index (χ4n) is 3.04. The highest BCUT2D eigenvalue weighted by Crippen LogP contribution is 2.37. The number of hydrogen-bond acceptors (Lipinski definition) is 6. The molecule has 0 spiro atoms. The average Bonchev–Trinajstić information content (AvgIpc) is 2.87. The largest absolute Gasteiger partial charge is 0.465 e. The average molecular weight is 342 g/mol. The van der Waals surface area contributed by atoms with Crippen LogP contribution in [0.15, 0.2) is 12.1 Å². The van der Waals surface area contributed by atoms with Crippen molar-refractivity contribution in [2.45, 2.75) is 13.0 Å². The predicted octanol–water partition coefficient (Wildman–Crippen LogP) is 2.42. The number of halogens is 1. The molecule has 1 heterocycles. The van der Waals surface area contributed by atoms with Crippen molar-refractivity contribution in [2.75, 3.05) is 39.2 Å². The van der Waals surface area contributed by atoms with Crippen molar-refractivity contribution in [2.24, 2.45) is 5.92 Å². The summed E-state index contributed by atoms with van der Waals surface area (Å²) in [7, 11) is 5.20. The van der Waals surface area contributed by atoms with Gasteiger partial charge in [0.1, 0.15) is 5.69 Å². The van der Waals surface area contributed by atoms with Gasteiger partial charge in [0.25, 0.3) is 5.69 Å². The van der Waals surface area contributed by atoms with E-state index in [2.05, 4.69) is 16.6 Å². The molecule has 7 nitrogen and oxygen atoms in total. The number of nitro benzene ring substituents is 1. The highest BCUT2D eigenvalue weighted by molar-refractivity contribution is 6.34. The molecule has 1 fully saturated rings. The predicted molar refractivity (Wildman–Crippen MR) is 88.3 cm³/mol. The highest BCUT2D eigenvalue weighted by Gasteiger charge is 2.35. The van der Waals surface area contributed by atoms with Crippen LogP contribution in [0, 0.1) is 16.0 Å². The third-order valence-electron chi connectivity index (χ3n) is 4.24. The fourth-order valence-corrected chi connectivity index (χ4v) is 3.27. The summed E-state index contributed by atoms with van der Waals surface area (Å²) in [6, 6.07) is 2.97. The second-order valence-electron chi connectivity index (χ2n) is 5.98. The van der Waals surface area contributed by atoms with Crippen molar-refractivity contribution in [1.29, 1.82) is 0 Å². The Kier molecular flexibility index (Phi) is 5.11. The van der Waals surface area contributed by atoms with Gasteiger partial charge < -0.3 is 14.5 Å². The molecule has 0 aromatic heterocycles. The molecule has 1 aromatic carbocycles. The third-order valence-corrected chi connectivity index (χ3v) is 4.56. The van der Waals surface area contributed by atoms with Crippen LogP contribution in [-0.2, 0) is 4.74 Å². The summed E-state index contributed by atoms with van der Waals surface area (Å²) in [6.07, 6.45) is 0. The summed E-state index contributed by atoms with van der Waals surface area (Å²) < 4.78 is 4.62. The van der Waals surface area contributed by atoms with E-state index >= 15 is 0 Å². The summed E-state index contributed by atoms with van der Waals surface area (Å²) in [6.45, 7) is 3.47. The van der Waals surface area contributed by atoms with Crippen molar-refractivity contribution in [3.8, 4) is 0 Å². The number of benzene rings is 1. The van der Waals surface area contributed by atoms with Crippen LogP contribution in [0.2, 0.25) is 5.02 Å². The van der Waals surface area contributed by atoms with Gasteiger partial charge in [0.15, 0.2) is 0 Å². The number of rotatable bonds is 4. The van der Waals surface area contributed by atoms with E-state index in [4.69, 9.17) is 11.6 Å². The lowest BCUT2D eigenvalue weighted by molar-refractivity contribution is -0.384. The second kappa shape index (κ2) is 6.72. The summed E-state index contributed by atoms with van der Waals surface area (Å²) in [5.41, 5.74) is 0.297. The van der Waals surface area contributed by atoms with Crippen molar-refractivity contribution in [3.63, 3.8) is 0 Å². The number of carbonyl (C=O) groups excluding carboxylic acids is 1. The number of esters is 1. The van der Waals surface area contributed by atoms with Crippen molar-refractivity contribution in [3.05, 3.63) is 32.8 Å². The molecule has 0 amide bonds. The molecule has 0 bridgehead atoms. The maximum Gasteiger partial charge on any atom is 0.339 e. The van der Waals surface area contributed by atoms with Crippen LogP contribution >= 0.6 is 11.6 Å². The Bertz CT molecular complexity index is 635. The summed E-state index contributed by atoms with van der Waals surface area (Å²) >= 11 is 6.13. The van der Waals surface area contributed by atoms with Crippen LogP contribution in [0.5, 0.6) is 0 Å². The molecule has 0 N–H and O–H groups in total. The Balaban J connectivity index is 2.45. The molecular weight excluding hydrogens is 322 g/mol. The first-order valence-electron chi connectivity index (χ1n) is 7.23. The zero-order valence-corrected chi connectivity index (χ0v) is 14.3. The topological polar surface area (TPSA) is 75.9 Å². The lowest BCUT2D eigenvalue weighted by atomic mass is 10.1. The minimum atomic E-state index is -0.689. The van der Waals surface area contributed by atoms with E-state index in [1.807, 2.05) is 19.0 Å². The van der Waals surface area contributed by atoms with E-state index in [0.29, 0.717) is 30.7 Å². The van der Waals surface area contributed by atoms with Crippen LogP contribution in [-0.4, -0.2) is 56.1 Å². The Morgan fingerprint density at radius 3 is 2.57 bits per heavy atom. The third kappa shape index (κ3) is 3.40. The summed E-state index contributed by atoms with van der Waals surface area (Å²) in [5.74, 6) is -0.325. The molecular formula is C15H20ClN3O4. The van der Waals surface area contributed by atoms with Crippen molar-refractivity contribution < 1.29 is 14.5 Å². The van der Waals surface area contributed by atoms with Crippen molar-refractivity contribution in [1.82, 2.24) is 4.90 Å². The van der Waals surface area contributed by atoms with Gasteiger partial charge in [0, 0.05) is 25.2 Å². The monoisotopic (exact) mass is 341 g/mol. The fraction of sp³-hybridized carbons (Fsp3) is 0.533. The number of carbonyl (C=O) groups is 1. The van der Waals surface area contributed by atoms with Gasteiger partial charge in [-0.15, -0.1) is 0 Å².